The van der Waals surface area contributed by atoms with Crippen molar-refractivity contribution in [1.82, 2.24) is 20.2 Å². The number of nitrogens with one attached hydrogen (secondary N) is 1. The molecule has 6 nitrogen and oxygen atoms in total. The summed E-state index contributed by atoms with van der Waals surface area (Å²) >= 11 is 1.34. The van der Waals surface area contributed by atoms with E-state index in [1.165, 1.54) is 11.8 Å². The van der Waals surface area contributed by atoms with Crippen LogP contribution in [0.4, 0.5) is 0 Å². The smallest absolute Gasteiger partial charge is 0.253 e. The Hall–Kier alpha value is -2.41. The summed E-state index contributed by atoms with van der Waals surface area (Å²) in [5.41, 5.74) is 0.711. The van der Waals surface area contributed by atoms with E-state index in [0.29, 0.717) is 23.8 Å². The number of amides is 2. The van der Waals surface area contributed by atoms with Crippen molar-refractivity contribution in [3.05, 3.63) is 54.4 Å². The van der Waals surface area contributed by atoms with Gasteiger partial charge in [0, 0.05) is 37.1 Å². The Kier molecular flexibility index (Phi) is 6.22. The van der Waals surface area contributed by atoms with Crippen LogP contribution in [0, 0.1) is 0 Å². The molecule has 26 heavy (non-hydrogen) atoms. The topological polar surface area (TPSA) is 75.2 Å². The average Bonchev–Trinajstić information content (AvgIpc) is 2.69. The van der Waals surface area contributed by atoms with E-state index in [-0.39, 0.29) is 23.1 Å². The van der Waals surface area contributed by atoms with E-state index < -0.39 is 0 Å². The van der Waals surface area contributed by atoms with Crippen molar-refractivity contribution in [3.63, 3.8) is 0 Å². The molecule has 1 aromatic heterocycles. The minimum Gasteiger partial charge on any atom is -0.352 e. The maximum absolute atomic E-state index is 12.5. The van der Waals surface area contributed by atoms with E-state index in [4.69, 9.17) is 0 Å². The molecule has 0 aliphatic carbocycles. The van der Waals surface area contributed by atoms with Gasteiger partial charge in [0.15, 0.2) is 5.16 Å². The SMILES string of the molecule is C[C@H](Sc1ncccn1)C(=O)NC1CCN(C(=O)c2ccccc2)CC1. The van der Waals surface area contributed by atoms with Crippen LogP contribution >= 0.6 is 11.8 Å². The fraction of sp³-hybridized carbons (Fsp3) is 0.368. The molecule has 1 N–H and O–H groups in total. The second-order valence-corrected chi connectivity index (χ2v) is 7.54. The van der Waals surface area contributed by atoms with Crippen LogP contribution in [-0.2, 0) is 4.79 Å². The number of carbonyl (C=O) groups excluding carboxylic acids is 2. The normalized spacial score (nSPS) is 16.1. The molecule has 7 heteroatoms. The second kappa shape index (κ2) is 8.80. The largest absolute Gasteiger partial charge is 0.352 e. The van der Waals surface area contributed by atoms with Crippen LogP contribution < -0.4 is 5.32 Å². The maximum Gasteiger partial charge on any atom is 0.253 e. The number of hydrogen-bond acceptors (Lipinski definition) is 5. The summed E-state index contributed by atoms with van der Waals surface area (Å²) in [6, 6.07) is 11.2. The van der Waals surface area contributed by atoms with E-state index in [9.17, 15) is 9.59 Å². The van der Waals surface area contributed by atoms with Crippen LogP contribution in [0.15, 0.2) is 53.9 Å². The third-order valence-corrected chi connectivity index (χ3v) is 5.33. The number of likely N-dealkylation sites (tertiary alicyclic amines) is 1. The van der Waals surface area contributed by atoms with Gasteiger partial charge in [0.05, 0.1) is 5.25 Å². The van der Waals surface area contributed by atoms with Crippen molar-refractivity contribution in [3.8, 4) is 0 Å². The molecule has 0 radical (unpaired) electrons. The predicted molar refractivity (Wildman–Crippen MR) is 101 cm³/mol. The third-order valence-electron chi connectivity index (χ3n) is 4.34. The van der Waals surface area contributed by atoms with E-state index in [1.54, 1.807) is 18.5 Å². The number of aromatic nitrogens is 2. The first-order valence-electron chi connectivity index (χ1n) is 8.72. The van der Waals surface area contributed by atoms with Crippen molar-refractivity contribution in [2.24, 2.45) is 0 Å². The minimum atomic E-state index is -0.263. The molecular formula is C19H22N4O2S. The molecular weight excluding hydrogens is 348 g/mol. The Morgan fingerprint density at radius 2 is 1.77 bits per heavy atom. The molecule has 2 amide bonds. The Balaban J connectivity index is 1.46. The zero-order valence-electron chi connectivity index (χ0n) is 14.7. The van der Waals surface area contributed by atoms with Gasteiger partial charge >= 0.3 is 0 Å². The summed E-state index contributed by atoms with van der Waals surface area (Å²) in [7, 11) is 0. The van der Waals surface area contributed by atoms with Gasteiger partial charge in [-0.15, -0.1) is 0 Å². The summed E-state index contributed by atoms with van der Waals surface area (Å²) in [5.74, 6) is 0.0378. The van der Waals surface area contributed by atoms with Crippen LogP contribution in [-0.4, -0.2) is 51.1 Å². The van der Waals surface area contributed by atoms with Crippen LogP contribution in [0.1, 0.15) is 30.1 Å². The molecule has 1 atom stereocenters. The average molecular weight is 370 g/mol. The molecule has 1 aliphatic heterocycles. The highest BCUT2D eigenvalue weighted by atomic mass is 32.2. The molecule has 1 saturated heterocycles. The first-order valence-corrected chi connectivity index (χ1v) is 9.60. The number of hydrogen-bond donors (Lipinski definition) is 1. The van der Waals surface area contributed by atoms with Gasteiger partial charge in [0.2, 0.25) is 5.91 Å². The summed E-state index contributed by atoms with van der Waals surface area (Å²) < 4.78 is 0. The highest BCUT2D eigenvalue weighted by Gasteiger charge is 2.26. The van der Waals surface area contributed by atoms with Gasteiger partial charge < -0.3 is 10.2 Å². The fourth-order valence-corrected chi connectivity index (χ4v) is 3.60. The van der Waals surface area contributed by atoms with Crippen LogP contribution in [0.25, 0.3) is 0 Å². The molecule has 1 aliphatic rings. The van der Waals surface area contributed by atoms with Gasteiger partial charge in [-0.05, 0) is 38.0 Å². The molecule has 0 unspecified atom stereocenters. The van der Waals surface area contributed by atoms with Crippen LogP contribution in [0.3, 0.4) is 0 Å². The molecule has 1 aromatic carbocycles. The van der Waals surface area contributed by atoms with E-state index >= 15 is 0 Å². The molecule has 0 spiro atoms. The summed E-state index contributed by atoms with van der Waals surface area (Å²) in [5, 5.41) is 3.42. The molecule has 2 heterocycles. The van der Waals surface area contributed by atoms with Crippen molar-refractivity contribution in [2.45, 2.75) is 36.2 Å². The van der Waals surface area contributed by atoms with Crippen molar-refractivity contribution in [1.29, 1.82) is 0 Å². The van der Waals surface area contributed by atoms with Crippen LogP contribution in [0.5, 0.6) is 0 Å². The Bertz CT molecular complexity index is 734. The predicted octanol–water partition coefficient (Wildman–Crippen LogP) is 2.38. The minimum absolute atomic E-state index is 0.0183. The maximum atomic E-state index is 12.5. The van der Waals surface area contributed by atoms with Crippen LogP contribution in [0.2, 0.25) is 0 Å². The van der Waals surface area contributed by atoms with Gasteiger partial charge in [0.1, 0.15) is 0 Å². The number of carbonyl (C=O) groups is 2. The van der Waals surface area contributed by atoms with Gasteiger partial charge in [-0.2, -0.15) is 0 Å². The highest BCUT2D eigenvalue weighted by molar-refractivity contribution is 8.00. The van der Waals surface area contributed by atoms with E-state index in [0.717, 1.165) is 12.8 Å². The Morgan fingerprint density at radius 3 is 2.42 bits per heavy atom. The second-order valence-electron chi connectivity index (χ2n) is 6.23. The lowest BCUT2D eigenvalue weighted by atomic mass is 10.0. The van der Waals surface area contributed by atoms with Gasteiger partial charge in [-0.1, -0.05) is 30.0 Å². The lowest BCUT2D eigenvalue weighted by molar-refractivity contribution is -0.121. The molecule has 136 valence electrons. The summed E-state index contributed by atoms with van der Waals surface area (Å²) in [6.45, 7) is 3.16. The molecule has 1 fully saturated rings. The number of benzene rings is 1. The summed E-state index contributed by atoms with van der Waals surface area (Å²) in [4.78, 5) is 35.0. The summed E-state index contributed by atoms with van der Waals surface area (Å²) in [6.07, 6.45) is 4.87. The quantitative estimate of drug-likeness (QED) is 0.646. The van der Waals surface area contributed by atoms with Crippen molar-refractivity contribution in [2.75, 3.05) is 13.1 Å². The number of thioether (sulfide) groups is 1. The number of piperidine rings is 1. The van der Waals surface area contributed by atoms with Gasteiger partial charge in [-0.25, -0.2) is 9.97 Å². The molecule has 0 bridgehead atoms. The number of nitrogens with zero attached hydrogens (tertiary/aromatic N) is 3. The monoisotopic (exact) mass is 370 g/mol. The lowest BCUT2D eigenvalue weighted by Gasteiger charge is -2.33. The van der Waals surface area contributed by atoms with Crippen molar-refractivity contribution >= 4 is 23.6 Å². The fourth-order valence-electron chi connectivity index (χ4n) is 2.87. The van der Waals surface area contributed by atoms with Gasteiger partial charge in [0.25, 0.3) is 5.91 Å². The third kappa shape index (κ3) is 4.82. The highest BCUT2D eigenvalue weighted by Crippen LogP contribution is 2.20. The van der Waals surface area contributed by atoms with E-state index in [2.05, 4.69) is 15.3 Å². The van der Waals surface area contributed by atoms with E-state index in [1.807, 2.05) is 42.2 Å². The zero-order valence-corrected chi connectivity index (χ0v) is 15.5. The Morgan fingerprint density at radius 1 is 1.12 bits per heavy atom. The molecule has 2 aromatic rings. The first kappa shape index (κ1) is 18.4. The number of rotatable bonds is 5. The zero-order chi connectivity index (χ0) is 18.4. The van der Waals surface area contributed by atoms with Gasteiger partial charge in [-0.3, -0.25) is 9.59 Å². The van der Waals surface area contributed by atoms with Crippen molar-refractivity contribution < 1.29 is 9.59 Å². The molecule has 3 rings (SSSR count). The lowest BCUT2D eigenvalue weighted by Crippen LogP contribution is -2.48. The first-order chi connectivity index (χ1) is 12.6. The standard InChI is InChI=1S/C19H22N4O2S/c1-14(26-19-20-10-5-11-21-19)17(24)22-16-8-12-23(13-9-16)18(25)15-6-3-2-4-7-15/h2-7,10-11,14,16H,8-9,12-13H2,1H3,(H,22,24)/t14-/m0/s1. The Labute approximate surface area is 157 Å². The molecule has 0 saturated carbocycles.